The molecule has 1 fully saturated rings. The Morgan fingerprint density at radius 1 is 1.45 bits per heavy atom. The molecule has 1 saturated heterocycles. The lowest BCUT2D eigenvalue weighted by atomic mass is 10.1. The van der Waals surface area contributed by atoms with Crippen molar-refractivity contribution in [1.82, 2.24) is 4.90 Å². The summed E-state index contributed by atoms with van der Waals surface area (Å²) in [5.41, 5.74) is 0.417. The Morgan fingerprint density at radius 3 is 2.73 bits per heavy atom. The molecule has 0 radical (unpaired) electrons. The van der Waals surface area contributed by atoms with Crippen LogP contribution in [0.1, 0.15) is 25.8 Å². The van der Waals surface area contributed by atoms with E-state index in [1.165, 1.54) is 18.1 Å². The molecular formula is C15H16BrNO4S. The van der Waals surface area contributed by atoms with Crippen molar-refractivity contribution in [3.8, 4) is 11.5 Å². The number of ether oxygens (including phenoxy) is 1. The molecule has 0 aliphatic carbocycles. The number of phenolic OH excluding ortho intramolecular Hbond substituents is 1. The van der Waals surface area contributed by atoms with Crippen LogP contribution in [-0.2, 0) is 4.79 Å². The number of methoxy groups -OCH3 is 1. The molecule has 7 heteroatoms. The maximum absolute atomic E-state index is 12.4. The van der Waals surface area contributed by atoms with Gasteiger partial charge in [-0.2, -0.15) is 0 Å². The normalized spacial score (nSPS) is 18.2. The zero-order valence-electron chi connectivity index (χ0n) is 12.4. The topological polar surface area (TPSA) is 66.8 Å². The Kier molecular flexibility index (Phi) is 5.18. The third-order valence-electron chi connectivity index (χ3n) is 3.43. The minimum absolute atomic E-state index is 0.0685. The standard InChI is InChI=1S/C15H16BrNO4S/c1-4-8(2)17-14(19)12(22-15(17)20)6-9-5-10(16)7-11(21-3)13(9)18/h5-8,18H,4H2,1-3H3. The molecule has 2 rings (SSSR count). The van der Waals surface area contributed by atoms with E-state index in [2.05, 4.69) is 15.9 Å². The fourth-order valence-electron chi connectivity index (χ4n) is 2.04. The average molecular weight is 386 g/mol. The van der Waals surface area contributed by atoms with Gasteiger partial charge in [-0.15, -0.1) is 0 Å². The number of carbonyl (C=O) groups excluding carboxylic acids is 2. The predicted octanol–water partition coefficient (Wildman–Crippen LogP) is 4.00. The molecule has 0 saturated carbocycles. The summed E-state index contributed by atoms with van der Waals surface area (Å²) >= 11 is 4.20. The van der Waals surface area contributed by atoms with Crippen LogP contribution in [0.5, 0.6) is 11.5 Å². The van der Waals surface area contributed by atoms with Crippen LogP contribution in [0.3, 0.4) is 0 Å². The Labute approximate surface area is 141 Å². The largest absolute Gasteiger partial charge is 0.504 e. The molecule has 0 bridgehead atoms. The van der Waals surface area contributed by atoms with Crippen LogP contribution in [-0.4, -0.2) is 34.3 Å². The van der Waals surface area contributed by atoms with E-state index in [-0.39, 0.29) is 22.9 Å². The predicted molar refractivity (Wildman–Crippen MR) is 89.9 cm³/mol. The van der Waals surface area contributed by atoms with Crippen molar-refractivity contribution in [2.45, 2.75) is 26.3 Å². The van der Waals surface area contributed by atoms with Crippen LogP contribution < -0.4 is 4.74 Å². The van der Waals surface area contributed by atoms with Crippen molar-refractivity contribution in [3.63, 3.8) is 0 Å². The summed E-state index contributed by atoms with van der Waals surface area (Å²) in [5.74, 6) is -0.106. The lowest BCUT2D eigenvalue weighted by molar-refractivity contribution is -0.124. The zero-order chi connectivity index (χ0) is 16.4. The highest BCUT2D eigenvalue weighted by Gasteiger charge is 2.37. The summed E-state index contributed by atoms with van der Waals surface area (Å²) in [7, 11) is 1.45. The zero-order valence-corrected chi connectivity index (χ0v) is 14.8. The molecular weight excluding hydrogens is 370 g/mol. The Morgan fingerprint density at radius 2 is 2.14 bits per heavy atom. The Hall–Kier alpha value is -1.47. The van der Waals surface area contributed by atoms with Crippen LogP contribution >= 0.6 is 27.7 Å². The van der Waals surface area contributed by atoms with Crippen LogP contribution in [0.2, 0.25) is 0 Å². The molecule has 1 aliphatic heterocycles. The average Bonchev–Trinajstić information content (AvgIpc) is 2.76. The highest BCUT2D eigenvalue weighted by molar-refractivity contribution is 9.10. The monoisotopic (exact) mass is 385 g/mol. The van der Waals surface area contributed by atoms with Gasteiger partial charge in [0.15, 0.2) is 11.5 Å². The summed E-state index contributed by atoms with van der Waals surface area (Å²) in [6.45, 7) is 3.75. The van der Waals surface area contributed by atoms with E-state index >= 15 is 0 Å². The summed E-state index contributed by atoms with van der Waals surface area (Å²) < 4.78 is 5.78. The highest BCUT2D eigenvalue weighted by atomic mass is 79.9. The van der Waals surface area contributed by atoms with Crippen molar-refractivity contribution >= 4 is 44.9 Å². The summed E-state index contributed by atoms with van der Waals surface area (Å²) in [5, 5.41) is 9.85. The van der Waals surface area contributed by atoms with Gasteiger partial charge in [0.2, 0.25) is 0 Å². The summed E-state index contributed by atoms with van der Waals surface area (Å²) in [4.78, 5) is 25.9. The summed E-state index contributed by atoms with van der Waals surface area (Å²) in [6.07, 6.45) is 2.21. The molecule has 1 aromatic rings. The van der Waals surface area contributed by atoms with Crippen LogP contribution in [0.25, 0.3) is 6.08 Å². The van der Waals surface area contributed by atoms with Crippen molar-refractivity contribution in [2.75, 3.05) is 7.11 Å². The number of hydrogen-bond donors (Lipinski definition) is 1. The minimum atomic E-state index is -0.331. The van der Waals surface area contributed by atoms with Gasteiger partial charge in [-0.1, -0.05) is 22.9 Å². The first-order valence-corrected chi connectivity index (χ1v) is 8.33. The molecule has 1 N–H and O–H groups in total. The first kappa shape index (κ1) is 16.9. The molecule has 2 amide bonds. The summed E-state index contributed by atoms with van der Waals surface area (Å²) in [6, 6.07) is 3.14. The van der Waals surface area contributed by atoms with Gasteiger partial charge in [0.1, 0.15) is 0 Å². The number of nitrogens with zero attached hydrogens (tertiary/aromatic N) is 1. The second-order valence-corrected chi connectivity index (χ2v) is 6.76. The van der Waals surface area contributed by atoms with Crippen molar-refractivity contribution < 1.29 is 19.4 Å². The quantitative estimate of drug-likeness (QED) is 0.793. The van der Waals surface area contributed by atoms with E-state index in [9.17, 15) is 14.7 Å². The first-order valence-electron chi connectivity index (χ1n) is 6.72. The molecule has 118 valence electrons. The maximum Gasteiger partial charge on any atom is 0.293 e. The fourth-order valence-corrected chi connectivity index (χ4v) is 3.42. The van der Waals surface area contributed by atoms with Crippen molar-refractivity contribution in [2.24, 2.45) is 0 Å². The third-order valence-corrected chi connectivity index (χ3v) is 4.77. The van der Waals surface area contributed by atoms with E-state index in [1.807, 2.05) is 13.8 Å². The molecule has 1 unspecified atom stereocenters. The Bertz CT molecular complexity index is 659. The number of benzene rings is 1. The molecule has 1 atom stereocenters. The smallest absolute Gasteiger partial charge is 0.293 e. The van der Waals surface area contributed by atoms with Gasteiger partial charge >= 0.3 is 0 Å². The van der Waals surface area contributed by atoms with Crippen molar-refractivity contribution in [1.29, 1.82) is 0 Å². The lowest BCUT2D eigenvalue weighted by Crippen LogP contribution is -2.36. The number of amides is 2. The SMILES string of the molecule is CCC(C)N1C(=O)SC(=Cc2cc(Br)cc(OC)c2O)C1=O. The molecule has 1 aliphatic rings. The number of thioether (sulfide) groups is 1. The fraction of sp³-hybridized carbons (Fsp3) is 0.333. The van der Waals surface area contributed by atoms with Gasteiger partial charge in [-0.3, -0.25) is 14.5 Å². The van der Waals surface area contributed by atoms with Crippen molar-refractivity contribution in [3.05, 3.63) is 27.1 Å². The van der Waals surface area contributed by atoms with Crippen LogP contribution in [0, 0.1) is 0 Å². The second kappa shape index (κ2) is 6.75. The lowest BCUT2D eigenvalue weighted by Gasteiger charge is -2.19. The number of carbonyl (C=O) groups is 2. The van der Waals surface area contributed by atoms with Gasteiger partial charge in [0.05, 0.1) is 12.0 Å². The third kappa shape index (κ3) is 3.15. The molecule has 0 aromatic heterocycles. The molecule has 22 heavy (non-hydrogen) atoms. The first-order chi connectivity index (χ1) is 10.4. The van der Waals surface area contributed by atoms with Gasteiger partial charge < -0.3 is 9.84 Å². The number of rotatable bonds is 4. The van der Waals surface area contributed by atoms with Gasteiger partial charge in [0, 0.05) is 16.1 Å². The second-order valence-electron chi connectivity index (χ2n) is 4.85. The maximum atomic E-state index is 12.4. The number of aromatic hydroxyl groups is 1. The minimum Gasteiger partial charge on any atom is -0.504 e. The highest BCUT2D eigenvalue weighted by Crippen LogP contribution is 2.39. The molecule has 1 heterocycles. The van der Waals surface area contributed by atoms with E-state index in [1.54, 1.807) is 12.1 Å². The van der Waals surface area contributed by atoms with Gasteiger partial charge in [0.25, 0.3) is 11.1 Å². The number of phenols is 1. The molecule has 0 spiro atoms. The Balaban J connectivity index is 2.41. The number of halogens is 1. The molecule has 5 nitrogen and oxygen atoms in total. The van der Waals surface area contributed by atoms with Crippen LogP contribution in [0.15, 0.2) is 21.5 Å². The molecule has 1 aromatic carbocycles. The van der Waals surface area contributed by atoms with E-state index in [0.29, 0.717) is 27.1 Å². The van der Waals surface area contributed by atoms with Gasteiger partial charge in [-0.25, -0.2) is 0 Å². The number of imide groups is 1. The number of hydrogen-bond acceptors (Lipinski definition) is 5. The van der Waals surface area contributed by atoms with Crippen LogP contribution in [0.4, 0.5) is 4.79 Å². The van der Waals surface area contributed by atoms with E-state index in [0.717, 1.165) is 11.8 Å². The van der Waals surface area contributed by atoms with E-state index < -0.39 is 0 Å². The van der Waals surface area contributed by atoms with E-state index in [4.69, 9.17) is 4.74 Å². The van der Waals surface area contributed by atoms with Gasteiger partial charge in [-0.05, 0) is 43.3 Å².